The fraction of sp³-hybridized carbons (Fsp3) is 0.261. The lowest BCUT2D eigenvalue weighted by atomic mass is 9.95. The molecule has 0 spiro atoms. The van der Waals surface area contributed by atoms with E-state index >= 15 is 0 Å². The molecule has 0 fully saturated rings. The predicted octanol–water partition coefficient (Wildman–Crippen LogP) is 5.51. The Morgan fingerprint density at radius 3 is 2.69 bits per heavy atom. The molecule has 2 heterocycles. The van der Waals surface area contributed by atoms with E-state index in [1.165, 1.54) is 21.9 Å². The van der Waals surface area contributed by atoms with E-state index in [9.17, 15) is 0 Å². The van der Waals surface area contributed by atoms with Crippen molar-refractivity contribution in [3.8, 4) is 5.75 Å². The minimum Gasteiger partial charge on any atom is -0.469 e. The minimum absolute atomic E-state index is 0.0258. The van der Waals surface area contributed by atoms with E-state index in [0.717, 1.165) is 30.7 Å². The summed E-state index contributed by atoms with van der Waals surface area (Å²) in [5.74, 6) is 1.02. The van der Waals surface area contributed by atoms with Crippen LogP contribution in [0.2, 0.25) is 0 Å². The molecule has 130 valence electrons. The van der Waals surface area contributed by atoms with Crippen LogP contribution in [-0.2, 0) is 0 Å². The lowest BCUT2D eigenvalue weighted by molar-refractivity contribution is -0.0223. The molecular formula is C23H22N2O. The quantitative estimate of drug-likeness (QED) is 0.627. The van der Waals surface area contributed by atoms with Gasteiger partial charge in [0.15, 0.2) is 6.23 Å². The second kappa shape index (κ2) is 6.17. The Balaban J connectivity index is 1.55. The van der Waals surface area contributed by atoms with Gasteiger partial charge in [0.25, 0.3) is 0 Å². The SMILES string of the molecule is CCC[C@@H]1Oc2ccccc2[C@@H]2CC(c3ccc4ccccc4c3)=NN12. The van der Waals surface area contributed by atoms with E-state index in [1.54, 1.807) is 0 Å². The summed E-state index contributed by atoms with van der Waals surface area (Å²) in [7, 11) is 0. The summed E-state index contributed by atoms with van der Waals surface area (Å²) >= 11 is 0. The Kier molecular flexibility index (Phi) is 3.66. The van der Waals surface area contributed by atoms with E-state index in [-0.39, 0.29) is 12.3 Å². The second-order valence-corrected chi connectivity index (χ2v) is 7.11. The van der Waals surface area contributed by atoms with Crippen LogP contribution in [0.1, 0.15) is 43.4 Å². The Morgan fingerprint density at radius 1 is 1.00 bits per heavy atom. The summed E-state index contributed by atoms with van der Waals surface area (Å²) in [6, 6.07) is 23.8. The van der Waals surface area contributed by atoms with Gasteiger partial charge in [-0.2, -0.15) is 5.10 Å². The first-order valence-electron chi connectivity index (χ1n) is 9.44. The first kappa shape index (κ1) is 15.4. The number of ether oxygens (including phenoxy) is 1. The molecule has 0 aromatic heterocycles. The molecule has 0 saturated heterocycles. The van der Waals surface area contributed by atoms with Crippen molar-refractivity contribution in [3.63, 3.8) is 0 Å². The summed E-state index contributed by atoms with van der Waals surface area (Å²) in [4.78, 5) is 0. The van der Waals surface area contributed by atoms with Crippen molar-refractivity contribution < 1.29 is 4.74 Å². The highest BCUT2D eigenvalue weighted by atomic mass is 16.5. The van der Waals surface area contributed by atoms with Crippen molar-refractivity contribution in [2.24, 2.45) is 5.10 Å². The zero-order valence-corrected chi connectivity index (χ0v) is 14.9. The van der Waals surface area contributed by atoms with E-state index in [0.29, 0.717) is 0 Å². The topological polar surface area (TPSA) is 24.8 Å². The maximum absolute atomic E-state index is 6.26. The number of fused-ring (bicyclic) bond motifs is 4. The van der Waals surface area contributed by atoms with Gasteiger partial charge in [0, 0.05) is 18.4 Å². The van der Waals surface area contributed by atoms with Crippen LogP contribution in [-0.4, -0.2) is 16.9 Å². The average molecular weight is 342 g/mol. The monoisotopic (exact) mass is 342 g/mol. The van der Waals surface area contributed by atoms with Gasteiger partial charge in [-0.1, -0.05) is 67.9 Å². The number of benzene rings is 3. The molecule has 2 atom stereocenters. The number of rotatable bonds is 3. The van der Waals surface area contributed by atoms with Gasteiger partial charge in [-0.15, -0.1) is 0 Å². The Hall–Kier alpha value is -2.81. The third-order valence-electron chi connectivity index (χ3n) is 5.40. The molecule has 3 nitrogen and oxygen atoms in total. The number of hydrogen-bond acceptors (Lipinski definition) is 3. The van der Waals surface area contributed by atoms with Gasteiger partial charge in [0.1, 0.15) is 5.75 Å². The van der Waals surface area contributed by atoms with E-state index < -0.39 is 0 Å². The zero-order valence-electron chi connectivity index (χ0n) is 14.9. The summed E-state index contributed by atoms with van der Waals surface area (Å²) in [5.41, 5.74) is 3.62. The molecule has 26 heavy (non-hydrogen) atoms. The normalized spacial score (nSPS) is 21.1. The van der Waals surface area contributed by atoms with Crippen LogP contribution >= 0.6 is 0 Å². The first-order chi connectivity index (χ1) is 12.8. The zero-order chi connectivity index (χ0) is 17.5. The summed E-state index contributed by atoms with van der Waals surface area (Å²) in [5, 5.41) is 9.73. The highest BCUT2D eigenvalue weighted by Gasteiger charge is 2.39. The van der Waals surface area contributed by atoms with Gasteiger partial charge in [-0.25, -0.2) is 0 Å². The summed E-state index contributed by atoms with van der Waals surface area (Å²) < 4.78 is 6.26. The van der Waals surface area contributed by atoms with Gasteiger partial charge < -0.3 is 4.74 Å². The smallest absolute Gasteiger partial charge is 0.187 e. The molecule has 3 aromatic rings. The molecular weight excluding hydrogens is 320 g/mol. The Bertz CT molecular complexity index is 994. The second-order valence-electron chi connectivity index (χ2n) is 7.11. The molecule has 0 unspecified atom stereocenters. The lowest BCUT2D eigenvalue weighted by Gasteiger charge is -2.38. The third-order valence-corrected chi connectivity index (χ3v) is 5.40. The van der Waals surface area contributed by atoms with Crippen LogP contribution in [0.5, 0.6) is 5.75 Å². The molecule has 3 aromatic carbocycles. The van der Waals surface area contributed by atoms with E-state index in [1.807, 2.05) is 0 Å². The van der Waals surface area contributed by atoms with Crippen LogP contribution in [0.15, 0.2) is 71.8 Å². The standard InChI is InChI=1S/C23H22N2O/c1-2-7-23-25-21(19-10-5-6-11-22(19)26-23)15-20(24-25)18-13-12-16-8-3-4-9-17(16)14-18/h3-6,8-14,21,23H,2,7,15H2,1H3/t21-,23-/m0/s1. The molecule has 2 aliphatic rings. The number of hydrogen-bond donors (Lipinski definition) is 0. The van der Waals surface area contributed by atoms with Crippen molar-refractivity contribution in [2.45, 2.75) is 38.5 Å². The molecule has 0 N–H and O–H groups in total. The molecule has 0 bridgehead atoms. The van der Waals surface area contributed by atoms with Gasteiger partial charge in [-0.05, 0) is 28.5 Å². The van der Waals surface area contributed by atoms with Gasteiger partial charge in [0.05, 0.1) is 11.8 Å². The van der Waals surface area contributed by atoms with Crippen LogP contribution < -0.4 is 4.74 Å². The van der Waals surface area contributed by atoms with Crippen molar-refractivity contribution in [2.75, 3.05) is 0 Å². The maximum Gasteiger partial charge on any atom is 0.187 e. The summed E-state index contributed by atoms with van der Waals surface area (Å²) in [6.07, 6.45) is 3.02. The molecule has 5 rings (SSSR count). The molecule has 0 aliphatic carbocycles. The number of hydrazone groups is 1. The lowest BCUT2D eigenvalue weighted by Crippen LogP contribution is -2.40. The molecule has 3 heteroatoms. The fourth-order valence-electron chi connectivity index (χ4n) is 4.09. The molecule has 0 amide bonds. The predicted molar refractivity (Wildman–Crippen MR) is 105 cm³/mol. The molecule has 0 radical (unpaired) electrons. The number of para-hydroxylation sites is 1. The van der Waals surface area contributed by atoms with Crippen molar-refractivity contribution >= 4 is 16.5 Å². The van der Waals surface area contributed by atoms with Crippen molar-refractivity contribution in [3.05, 3.63) is 77.9 Å². The van der Waals surface area contributed by atoms with Crippen molar-refractivity contribution in [1.29, 1.82) is 0 Å². The Labute approximate surface area is 153 Å². The van der Waals surface area contributed by atoms with Crippen LogP contribution in [0.25, 0.3) is 10.8 Å². The maximum atomic E-state index is 6.26. The average Bonchev–Trinajstić information content (AvgIpc) is 3.14. The fourth-order valence-corrected chi connectivity index (χ4v) is 4.09. The van der Waals surface area contributed by atoms with Crippen LogP contribution in [0, 0.1) is 0 Å². The highest BCUT2D eigenvalue weighted by molar-refractivity contribution is 6.04. The first-order valence-corrected chi connectivity index (χ1v) is 9.44. The highest BCUT2D eigenvalue weighted by Crippen LogP contribution is 2.43. The summed E-state index contributed by atoms with van der Waals surface area (Å²) in [6.45, 7) is 2.20. The van der Waals surface area contributed by atoms with E-state index in [4.69, 9.17) is 9.84 Å². The van der Waals surface area contributed by atoms with Crippen LogP contribution in [0.4, 0.5) is 0 Å². The van der Waals surface area contributed by atoms with Gasteiger partial charge >= 0.3 is 0 Å². The van der Waals surface area contributed by atoms with E-state index in [2.05, 4.69) is 78.7 Å². The van der Waals surface area contributed by atoms with Gasteiger partial charge in [-0.3, -0.25) is 5.01 Å². The van der Waals surface area contributed by atoms with Gasteiger partial charge in [0.2, 0.25) is 0 Å². The minimum atomic E-state index is 0.0258. The van der Waals surface area contributed by atoms with Crippen molar-refractivity contribution in [1.82, 2.24) is 5.01 Å². The third kappa shape index (κ3) is 2.47. The molecule has 2 aliphatic heterocycles. The molecule has 0 saturated carbocycles. The Morgan fingerprint density at radius 2 is 1.81 bits per heavy atom. The number of nitrogens with zero attached hydrogens (tertiary/aromatic N) is 2. The largest absolute Gasteiger partial charge is 0.469 e. The van der Waals surface area contributed by atoms with Crippen LogP contribution in [0.3, 0.4) is 0 Å².